The van der Waals surface area contributed by atoms with Gasteiger partial charge in [0.15, 0.2) is 5.03 Å². The van der Waals surface area contributed by atoms with Crippen LogP contribution in [-0.4, -0.2) is 27.9 Å². The Kier molecular flexibility index (Phi) is 4.64. The Morgan fingerprint density at radius 1 is 1.00 bits per heavy atom. The highest BCUT2D eigenvalue weighted by Gasteiger charge is 2.22. The van der Waals surface area contributed by atoms with Gasteiger partial charge in [0.2, 0.25) is 0 Å². The van der Waals surface area contributed by atoms with Crippen LogP contribution in [0.1, 0.15) is 17.2 Å². The van der Waals surface area contributed by atoms with Crippen LogP contribution in [0.2, 0.25) is 0 Å². The molecule has 2 heterocycles. The third kappa shape index (κ3) is 3.67. The lowest BCUT2D eigenvalue weighted by molar-refractivity contribution is 0.439. The molecule has 0 bridgehead atoms. The molecular weight excluding hydrogens is 354 g/mol. The Labute approximate surface area is 152 Å². The molecule has 0 aliphatic carbocycles. The van der Waals surface area contributed by atoms with E-state index < -0.39 is 10.0 Å². The summed E-state index contributed by atoms with van der Waals surface area (Å²) in [6.45, 7) is 5.11. The van der Waals surface area contributed by atoms with Crippen LogP contribution in [0, 0.1) is 20.8 Å². The highest BCUT2D eigenvalue weighted by atomic mass is 32.2. The van der Waals surface area contributed by atoms with Crippen molar-refractivity contribution in [3.05, 3.63) is 53.7 Å². The van der Waals surface area contributed by atoms with Gasteiger partial charge in [-0.2, -0.15) is 18.4 Å². The summed E-state index contributed by atoms with van der Waals surface area (Å²) in [5.74, 6) is 1.20. The van der Waals surface area contributed by atoms with E-state index in [1.54, 1.807) is 44.5 Å². The maximum absolute atomic E-state index is 12.6. The molecule has 1 N–H and O–H groups in total. The second kappa shape index (κ2) is 6.75. The quantitative estimate of drug-likeness (QED) is 0.738. The molecule has 0 atom stereocenters. The first-order chi connectivity index (χ1) is 12.3. The van der Waals surface area contributed by atoms with Gasteiger partial charge in [-0.05, 0) is 32.9 Å². The van der Waals surface area contributed by atoms with Gasteiger partial charge in [0, 0.05) is 13.2 Å². The summed E-state index contributed by atoms with van der Waals surface area (Å²) in [5.41, 5.74) is 1.23. The summed E-state index contributed by atoms with van der Waals surface area (Å²) in [6.07, 6.45) is 1.45. The van der Waals surface area contributed by atoms with E-state index in [0.717, 1.165) is 0 Å². The molecule has 136 valence electrons. The number of benzene rings is 1. The fourth-order valence-corrected chi connectivity index (χ4v) is 3.53. The normalized spacial score (nSPS) is 11.4. The van der Waals surface area contributed by atoms with Gasteiger partial charge < -0.3 is 9.30 Å². The second-order valence-corrected chi connectivity index (χ2v) is 7.44. The van der Waals surface area contributed by atoms with E-state index in [0.29, 0.717) is 28.6 Å². The molecule has 0 aliphatic heterocycles. The molecule has 2 aromatic heterocycles. The number of nitrogens with zero attached hydrogens (tertiary/aromatic N) is 4. The average Bonchev–Trinajstić information content (AvgIpc) is 2.92. The van der Waals surface area contributed by atoms with Gasteiger partial charge in [-0.3, -0.25) is 4.72 Å². The number of aryl methyl sites for hydroxylation is 4. The largest absolute Gasteiger partial charge is 0.424 e. The molecule has 9 heteroatoms. The van der Waals surface area contributed by atoms with E-state index in [1.165, 1.54) is 6.20 Å². The molecule has 0 aliphatic rings. The monoisotopic (exact) mass is 373 g/mol. The lowest BCUT2D eigenvalue weighted by Gasteiger charge is -2.12. The van der Waals surface area contributed by atoms with Crippen molar-refractivity contribution in [2.75, 3.05) is 4.72 Å². The fraction of sp³-hybridized carbons (Fsp3) is 0.235. The van der Waals surface area contributed by atoms with Gasteiger partial charge in [0.05, 0.1) is 17.1 Å². The molecule has 3 rings (SSSR count). The lowest BCUT2D eigenvalue weighted by atomic mass is 10.3. The zero-order valence-electron chi connectivity index (χ0n) is 14.9. The van der Waals surface area contributed by atoms with Crippen LogP contribution in [0.25, 0.3) is 0 Å². The molecule has 26 heavy (non-hydrogen) atoms. The number of aromatic nitrogens is 4. The van der Waals surface area contributed by atoms with Crippen LogP contribution in [0.3, 0.4) is 0 Å². The predicted molar refractivity (Wildman–Crippen MR) is 96.8 cm³/mol. The van der Waals surface area contributed by atoms with Crippen LogP contribution in [-0.2, 0) is 17.1 Å². The van der Waals surface area contributed by atoms with Crippen molar-refractivity contribution in [2.45, 2.75) is 25.8 Å². The summed E-state index contributed by atoms with van der Waals surface area (Å²) >= 11 is 0. The minimum absolute atomic E-state index is 0.0547. The first-order valence-electron chi connectivity index (χ1n) is 7.87. The van der Waals surface area contributed by atoms with Crippen molar-refractivity contribution in [1.29, 1.82) is 0 Å². The van der Waals surface area contributed by atoms with Crippen LogP contribution < -0.4 is 9.46 Å². The number of ether oxygens (including phenoxy) is 1. The number of anilines is 1. The Bertz CT molecular complexity index is 1000. The minimum Gasteiger partial charge on any atom is -0.424 e. The summed E-state index contributed by atoms with van der Waals surface area (Å²) < 4.78 is 34.9. The topological polar surface area (TPSA) is 99.0 Å². The van der Waals surface area contributed by atoms with Gasteiger partial charge >= 0.3 is 6.01 Å². The average molecular weight is 373 g/mol. The second-order valence-electron chi connectivity index (χ2n) is 5.81. The smallest absolute Gasteiger partial charge is 0.322 e. The third-order valence-electron chi connectivity index (χ3n) is 3.80. The predicted octanol–water partition coefficient (Wildman–Crippen LogP) is 2.73. The molecule has 8 nitrogen and oxygen atoms in total. The molecule has 0 spiro atoms. The summed E-state index contributed by atoms with van der Waals surface area (Å²) in [5, 5.41) is -0.0547. The Morgan fingerprint density at radius 3 is 2.15 bits per heavy atom. The molecule has 0 unspecified atom stereocenters. The number of rotatable bonds is 5. The van der Waals surface area contributed by atoms with Gasteiger partial charge in [-0.1, -0.05) is 18.2 Å². The number of hydrogen-bond acceptors (Lipinski definition) is 6. The van der Waals surface area contributed by atoms with Gasteiger partial charge in [0.1, 0.15) is 11.6 Å². The highest BCUT2D eigenvalue weighted by Crippen LogP contribution is 2.25. The zero-order valence-corrected chi connectivity index (χ0v) is 15.7. The van der Waals surface area contributed by atoms with Crippen molar-refractivity contribution >= 4 is 15.7 Å². The van der Waals surface area contributed by atoms with E-state index in [1.807, 2.05) is 18.2 Å². The number of nitrogens with one attached hydrogen (secondary N) is 1. The molecule has 3 aromatic rings. The van der Waals surface area contributed by atoms with E-state index in [4.69, 9.17) is 4.74 Å². The fourth-order valence-electron chi connectivity index (χ4n) is 2.32. The molecule has 0 saturated carbocycles. The molecule has 1 aromatic carbocycles. The SMILES string of the molecule is Cc1nc(Oc2ccccc2)nc(C)c1NS(=O)(=O)c1cn(C)c(C)n1. The van der Waals surface area contributed by atoms with Crippen molar-refractivity contribution in [3.63, 3.8) is 0 Å². The Hall–Kier alpha value is -2.94. The van der Waals surface area contributed by atoms with Gasteiger partial charge in [0.25, 0.3) is 10.0 Å². The van der Waals surface area contributed by atoms with Crippen LogP contribution in [0.15, 0.2) is 41.6 Å². The van der Waals surface area contributed by atoms with Crippen molar-refractivity contribution in [2.24, 2.45) is 7.05 Å². The van der Waals surface area contributed by atoms with Crippen LogP contribution in [0.4, 0.5) is 5.69 Å². The number of sulfonamides is 1. The van der Waals surface area contributed by atoms with E-state index >= 15 is 0 Å². The molecular formula is C17H19N5O3S. The first kappa shape index (κ1) is 17.9. The zero-order chi connectivity index (χ0) is 18.9. The Morgan fingerprint density at radius 2 is 1.62 bits per heavy atom. The van der Waals surface area contributed by atoms with Crippen molar-refractivity contribution in [3.8, 4) is 11.8 Å². The first-order valence-corrected chi connectivity index (χ1v) is 9.35. The van der Waals surface area contributed by atoms with E-state index in [2.05, 4.69) is 19.7 Å². The van der Waals surface area contributed by atoms with Gasteiger partial charge in [-0.15, -0.1) is 0 Å². The van der Waals surface area contributed by atoms with Crippen molar-refractivity contribution < 1.29 is 13.2 Å². The van der Waals surface area contributed by atoms with Crippen molar-refractivity contribution in [1.82, 2.24) is 19.5 Å². The summed E-state index contributed by atoms with van der Waals surface area (Å²) in [4.78, 5) is 12.5. The molecule has 0 saturated heterocycles. The number of para-hydroxylation sites is 1. The highest BCUT2D eigenvalue weighted by molar-refractivity contribution is 7.92. The maximum Gasteiger partial charge on any atom is 0.322 e. The minimum atomic E-state index is -3.83. The molecule has 0 radical (unpaired) electrons. The molecule has 0 fully saturated rings. The van der Waals surface area contributed by atoms with E-state index in [-0.39, 0.29) is 11.0 Å². The number of imidazole rings is 1. The van der Waals surface area contributed by atoms with Gasteiger partial charge in [-0.25, -0.2) is 4.98 Å². The Balaban J connectivity index is 1.89. The third-order valence-corrected chi connectivity index (χ3v) is 5.02. The summed E-state index contributed by atoms with van der Waals surface area (Å²) in [7, 11) is -2.10. The molecule has 0 amide bonds. The van der Waals surface area contributed by atoms with Crippen LogP contribution in [0.5, 0.6) is 11.8 Å². The number of hydrogen-bond donors (Lipinski definition) is 1. The maximum atomic E-state index is 12.6. The summed E-state index contributed by atoms with van der Waals surface area (Å²) in [6, 6.07) is 9.28. The standard InChI is InChI=1S/C17H19N5O3S/c1-11-16(21-26(23,24)15-10-22(4)13(3)20-15)12(2)19-17(18-11)25-14-8-6-5-7-9-14/h5-10,21H,1-4H3. The van der Waals surface area contributed by atoms with Crippen LogP contribution >= 0.6 is 0 Å². The van der Waals surface area contributed by atoms with E-state index in [9.17, 15) is 8.42 Å². The lowest BCUT2D eigenvalue weighted by Crippen LogP contribution is -2.16.